The van der Waals surface area contributed by atoms with Crippen LogP contribution >= 0.6 is 0 Å². The Morgan fingerprint density at radius 2 is 2.10 bits per heavy atom. The first-order chi connectivity index (χ1) is 4.93. The third kappa shape index (κ3) is 2.67. The fourth-order valence-corrected chi connectivity index (χ4v) is 1.51. The monoisotopic (exact) mass is 141 g/mol. The van der Waals surface area contributed by atoms with Gasteiger partial charge in [-0.3, -0.25) is 0 Å². The molecule has 1 rings (SSSR count). The number of hydrogen-bond acceptors (Lipinski definition) is 1. The quantitative estimate of drug-likeness (QED) is 0.590. The summed E-state index contributed by atoms with van der Waals surface area (Å²) in [4.78, 5) is 0. The van der Waals surface area contributed by atoms with Crippen LogP contribution in [0.3, 0.4) is 0 Å². The second-order valence-corrected chi connectivity index (χ2v) is 2.98. The summed E-state index contributed by atoms with van der Waals surface area (Å²) in [6, 6.07) is 0.807. The van der Waals surface area contributed by atoms with Gasteiger partial charge in [0, 0.05) is 6.04 Å². The van der Waals surface area contributed by atoms with Gasteiger partial charge in [0.2, 0.25) is 0 Å². The van der Waals surface area contributed by atoms with Crippen molar-refractivity contribution in [2.75, 3.05) is 20.1 Å². The number of hydrogen-bond donors (Lipinski definition) is 1. The third-order valence-electron chi connectivity index (χ3n) is 2.12. The highest BCUT2D eigenvalue weighted by Crippen LogP contribution is 2.17. The smallest absolute Gasteiger partial charge is 0.00663 e. The maximum absolute atomic E-state index is 4.03. The lowest BCUT2D eigenvalue weighted by Crippen LogP contribution is -2.28. The van der Waals surface area contributed by atoms with Crippen LogP contribution in [0.1, 0.15) is 25.7 Å². The number of rotatable bonds is 4. The van der Waals surface area contributed by atoms with Crippen LogP contribution in [0.5, 0.6) is 0 Å². The molecule has 0 bridgehead atoms. The predicted octanol–water partition coefficient (Wildman–Crippen LogP) is 1.52. The lowest BCUT2D eigenvalue weighted by molar-refractivity contribution is 0.537. The van der Waals surface area contributed by atoms with Crippen molar-refractivity contribution in [1.29, 1.82) is 0 Å². The van der Waals surface area contributed by atoms with E-state index in [0.29, 0.717) is 0 Å². The average Bonchev–Trinajstić information content (AvgIpc) is 2.41. The van der Waals surface area contributed by atoms with Crippen LogP contribution < -0.4 is 5.32 Å². The summed E-state index contributed by atoms with van der Waals surface area (Å²) in [5.41, 5.74) is 0. The van der Waals surface area contributed by atoms with Crippen molar-refractivity contribution in [3.63, 3.8) is 0 Å². The zero-order valence-corrected chi connectivity index (χ0v) is 6.77. The minimum atomic E-state index is 0.807. The van der Waals surface area contributed by atoms with Crippen molar-refractivity contribution < 1.29 is 0 Å². The molecule has 60 valence electrons. The van der Waals surface area contributed by atoms with Crippen LogP contribution in [0.4, 0.5) is 0 Å². The number of likely N-dealkylation sites (N-methyl/N-ethyl adjacent to an activating group) is 1. The molecule has 0 heterocycles. The fourth-order valence-electron chi connectivity index (χ4n) is 1.51. The Morgan fingerprint density at radius 1 is 1.40 bits per heavy atom. The molecule has 0 aromatic carbocycles. The summed E-state index contributed by atoms with van der Waals surface area (Å²) in [7, 11) is 1.87. The van der Waals surface area contributed by atoms with Crippen LogP contribution in [0.25, 0.3) is 5.32 Å². The van der Waals surface area contributed by atoms with Gasteiger partial charge in [-0.2, -0.15) is 7.05 Å². The van der Waals surface area contributed by atoms with E-state index in [0.717, 1.165) is 19.1 Å². The molecule has 0 radical (unpaired) electrons. The second kappa shape index (κ2) is 4.69. The summed E-state index contributed by atoms with van der Waals surface area (Å²) in [6.45, 7) is 2.04. The predicted molar refractivity (Wildman–Crippen MR) is 44.4 cm³/mol. The van der Waals surface area contributed by atoms with E-state index >= 15 is 0 Å². The first-order valence-electron chi connectivity index (χ1n) is 4.22. The van der Waals surface area contributed by atoms with Crippen LogP contribution in [-0.2, 0) is 0 Å². The van der Waals surface area contributed by atoms with Crippen molar-refractivity contribution in [2.24, 2.45) is 0 Å². The SMILES string of the molecule is C[N-]CCNC1CCCC1. The Balaban J connectivity index is 1.91. The molecule has 2 nitrogen and oxygen atoms in total. The summed E-state index contributed by atoms with van der Waals surface area (Å²) < 4.78 is 0. The lowest BCUT2D eigenvalue weighted by Gasteiger charge is -2.15. The average molecular weight is 141 g/mol. The van der Waals surface area contributed by atoms with E-state index in [4.69, 9.17) is 0 Å². The van der Waals surface area contributed by atoms with Gasteiger partial charge < -0.3 is 10.6 Å². The standard InChI is InChI=1S/C8H17N2/c1-9-6-7-10-8-4-2-3-5-8/h8,10H,2-7H2,1H3/q-1. The first-order valence-corrected chi connectivity index (χ1v) is 4.22. The molecule has 0 unspecified atom stereocenters. The zero-order chi connectivity index (χ0) is 7.23. The van der Waals surface area contributed by atoms with Gasteiger partial charge in [-0.25, -0.2) is 0 Å². The van der Waals surface area contributed by atoms with Crippen molar-refractivity contribution >= 4 is 0 Å². The molecule has 1 aliphatic carbocycles. The summed E-state index contributed by atoms with van der Waals surface area (Å²) in [5.74, 6) is 0. The minimum Gasteiger partial charge on any atom is -0.664 e. The molecule has 0 saturated heterocycles. The van der Waals surface area contributed by atoms with E-state index in [1.807, 2.05) is 7.05 Å². The first kappa shape index (κ1) is 8.02. The Hall–Kier alpha value is -0.0800. The second-order valence-electron chi connectivity index (χ2n) is 2.98. The van der Waals surface area contributed by atoms with E-state index in [1.54, 1.807) is 0 Å². The molecule has 0 amide bonds. The summed E-state index contributed by atoms with van der Waals surface area (Å²) >= 11 is 0. The van der Waals surface area contributed by atoms with Gasteiger partial charge in [0.15, 0.2) is 0 Å². The Morgan fingerprint density at radius 3 is 2.70 bits per heavy atom. The highest BCUT2D eigenvalue weighted by Gasteiger charge is 2.12. The van der Waals surface area contributed by atoms with Crippen LogP contribution in [0.2, 0.25) is 0 Å². The van der Waals surface area contributed by atoms with Crippen LogP contribution in [-0.4, -0.2) is 26.2 Å². The Kier molecular flexibility index (Phi) is 3.76. The van der Waals surface area contributed by atoms with E-state index in [2.05, 4.69) is 10.6 Å². The zero-order valence-electron chi connectivity index (χ0n) is 6.77. The van der Waals surface area contributed by atoms with Crippen molar-refractivity contribution in [1.82, 2.24) is 5.32 Å². The van der Waals surface area contributed by atoms with Gasteiger partial charge in [-0.15, -0.1) is 6.54 Å². The van der Waals surface area contributed by atoms with Gasteiger partial charge in [0.05, 0.1) is 0 Å². The molecule has 10 heavy (non-hydrogen) atoms. The van der Waals surface area contributed by atoms with Crippen molar-refractivity contribution in [3.8, 4) is 0 Å². The molecular weight excluding hydrogens is 124 g/mol. The molecule has 1 N–H and O–H groups in total. The molecule has 2 heteroatoms. The molecule has 1 fully saturated rings. The topological polar surface area (TPSA) is 26.1 Å². The van der Waals surface area contributed by atoms with Gasteiger partial charge >= 0.3 is 0 Å². The highest BCUT2D eigenvalue weighted by atomic mass is 15.0. The Bertz CT molecular complexity index is 77.3. The molecule has 0 aromatic heterocycles. The van der Waals surface area contributed by atoms with Crippen molar-refractivity contribution in [3.05, 3.63) is 5.32 Å². The Labute approximate surface area is 63.4 Å². The summed E-state index contributed by atoms with van der Waals surface area (Å²) in [5, 5.41) is 7.52. The normalized spacial score (nSPS) is 20.1. The van der Waals surface area contributed by atoms with Gasteiger partial charge in [-0.1, -0.05) is 12.8 Å². The van der Waals surface area contributed by atoms with E-state index in [9.17, 15) is 0 Å². The molecule has 0 aliphatic heterocycles. The van der Waals surface area contributed by atoms with Crippen LogP contribution in [0.15, 0.2) is 0 Å². The molecule has 1 aliphatic rings. The molecular formula is C8H17N2-. The van der Waals surface area contributed by atoms with Gasteiger partial charge in [0.25, 0.3) is 0 Å². The molecule has 0 atom stereocenters. The molecule has 0 aromatic rings. The molecule has 1 saturated carbocycles. The number of nitrogens with one attached hydrogen (secondary N) is 1. The fraction of sp³-hybridized carbons (Fsp3) is 1.00. The minimum absolute atomic E-state index is 0.807. The van der Waals surface area contributed by atoms with E-state index in [-0.39, 0.29) is 0 Å². The van der Waals surface area contributed by atoms with Crippen LogP contribution in [0, 0.1) is 0 Å². The molecule has 0 spiro atoms. The van der Waals surface area contributed by atoms with Gasteiger partial charge in [0.1, 0.15) is 0 Å². The number of nitrogens with zero attached hydrogens (tertiary/aromatic N) is 1. The third-order valence-corrected chi connectivity index (χ3v) is 2.12. The maximum Gasteiger partial charge on any atom is 0.00663 e. The largest absolute Gasteiger partial charge is 0.664 e. The van der Waals surface area contributed by atoms with E-state index in [1.165, 1.54) is 25.7 Å². The lowest BCUT2D eigenvalue weighted by atomic mass is 10.2. The maximum atomic E-state index is 4.03. The van der Waals surface area contributed by atoms with Crippen molar-refractivity contribution in [2.45, 2.75) is 31.7 Å². The summed E-state index contributed by atoms with van der Waals surface area (Å²) in [6.07, 6.45) is 5.59. The highest BCUT2D eigenvalue weighted by molar-refractivity contribution is 4.77. The van der Waals surface area contributed by atoms with E-state index < -0.39 is 0 Å². The van der Waals surface area contributed by atoms with Gasteiger partial charge in [-0.05, 0) is 19.4 Å².